The lowest BCUT2D eigenvalue weighted by Gasteiger charge is -2.28. The monoisotopic (exact) mass is 179 g/mol. The molecule has 3 heteroatoms. The van der Waals surface area contributed by atoms with Crippen molar-refractivity contribution < 1.29 is 0 Å². The number of nitrogens with two attached hydrogens (primary N) is 1. The molecule has 0 amide bonds. The normalized spacial score (nSPS) is 19.9. The molecule has 0 fully saturated rings. The second kappa shape index (κ2) is 2.84. The van der Waals surface area contributed by atoms with Crippen molar-refractivity contribution in [2.75, 3.05) is 0 Å². The molecule has 1 aliphatic carbocycles. The first-order valence-corrected chi connectivity index (χ1v) is 4.87. The van der Waals surface area contributed by atoms with Crippen LogP contribution in [-0.4, -0.2) is 9.97 Å². The molecule has 72 valence electrons. The molecule has 0 saturated carbocycles. The molecular weight excluding hydrogens is 162 g/mol. The van der Waals surface area contributed by atoms with Gasteiger partial charge in [-0.05, 0) is 24.7 Å². The van der Waals surface area contributed by atoms with Crippen LogP contribution in [0, 0.1) is 5.41 Å². The van der Waals surface area contributed by atoms with Crippen molar-refractivity contribution >= 4 is 0 Å². The number of H-pyrrole nitrogens is 1. The molecule has 0 atom stereocenters. The molecule has 0 spiro atoms. The minimum atomic E-state index is 0.422. The summed E-state index contributed by atoms with van der Waals surface area (Å²) in [5.74, 6) is 0.933. The molecule has 3 nitrogen and oxygen atoms in total. The van der Waals surface area contributed by atoms with Crippen LogP contribution in [0.15, 0.2) is 0 Å². The largest absolute Gasteiger partial charge is 0.345 e. The highest BCUT2D eigenvalue weighted by Gasteiger charge is 2.27. The third kappa shape index (κ3) is 1.61. The van der Waals surface area contributed by atoms with Gasteiger partial charge >= 0.3 is 0 Å². The Bertz CT molecular complexity index is 312. The van der Waals surface area contributed by atoms with E-state index in [1.165, 1.54) is 17.8 Å². The lowest BCUT2D eigenvalue weighted by molar-refractivity contribution is 0.310. The van der Waals surface area contributed by atoms with E-state index in [-0.39, 0.29) is 0 Å². The lowest BCUT2D eigenvalue weighted by atomic mass is 9.78. The maximum absolute atomic E-state index is 5.54. The second-order valence-electron chi connectivity index (χ2n) is 4.65. The Balaban J connectivity index is 2.30. The fourth-order valence-electron chi connectivity index (χ4n) is 1.98. The number of imidazole rings is 1. The Labute approximate surface area is 78.7 Å². The standard InChI is InChI=1S/C10H17N3/c1-10(2)4-3-7-8(5-10)13-9(6-11)12-7/h3-6,11H2,1-2H3,(H,12,13). The molecule has 13 heavy (non-hydrogen) atoms. The van der Waals surface area contributed by atoms with Crippen LogP contribution < -0.4 is 5.73 Å². The summed E-state index contributed by atoms with van der Waals surface area (Å²) in [6.45, 7) is 5.13. The predicted octanol–water partition coefficient (Wildman–Crippen LogP) is 1.38. The maximum Gasteiger partial charge on any atom is 0.120 e. The van der Waals surface area contributed by atoms with E-state index in [9.17, 15) is 0 Å². The maximum atomic E-state index is 5.54. The zero-order chi connectivity index (χ0) is 9.47. The van der Waals surface area contributed by atoms with Crippen LogP contribution in [-0.2, 0) is 19.4 Å². The predicted molar refractivity (Wildman–Crippen MR) is 52.3 cm³/mol. The van der Waals surface area contributed by atoms with E-state index in [4.69, 9.17) is 5.73 Å². The summed E-state index contributed by atoms with van der Waals surface area (Å²) in [5, 5.41) is 0. The van der Waals surface area contributed by atoms with Crippen LogP contribution in [0.2, 0.25) is 0 Å². The molecule has 1 aliphatic rings. The van der Waals surface area contributed by atoms with Crippen LogP contribution >= 0.6 is 0 Å². The summed E-state index contributed by atoms with van der Waals surface area (Å²) in [6.07, 6.45) is 3.43. The van der Waals surface area contributed by atoms with Gasteiger partial charge in [0, 0.05) is 5.69 Å². The van der Waals surface area contributed by atoms with E-state index in [1.54, 1.807) is 0 Å². The topological polar surface area (TPSA) is 54.7 Å². The fraction of sp³-hybridized carbons (Fsp3) is 0.700. The van der Waals surface area contributed by atoms with E-state index >= 15 is 0 Å². The third-order valence-electron chi connectivity index (χ3n) is 2.80. The van der Waals surface area contributed by atoms with E-state index in [1.807, 2.05) is 0 Å². The Kier molecular flexibility index (Phi) is 1.91. The minimum absolute atomic E-state index is 0.422. The molecule has 1 aromatic heterocycles. The van der Waals surface area contributed by atoms with Crippen molar-refractivity contribution in [2.24, 2.45) is 11.1 Å². The number of hydrogen-bond donors (Lipinski definition) is 2. The Morgan fingerprint density at radius 3 is 3.00 bits per heavy atom. The highest BCUT2D eigenvalue weighted by molar-refractivity contribution is 5.19. The summed E-state index contributed by atoms with van der Waals surface area (Å²) in [7, 11) is 0. The van der Waals surface area contributed by atoms with E-state index in [0.717, 1.165) is 18.7 Å². The first-order chi connectivity index (χ1) is 6.11. The SMILES string of the molecule is CC1(C)CCc2nc(CN)[nH]c2C1. The van der Waals surface area contributed by atoms with Crippen LogP contribution in [0.4, 0.5) is 0 Å². The van der Waals surface area contributed by atoms with Crippen LogP contribution in [0.1, 0.15) is 37.5 Å². The second-order valence-corrected chi connectivity index (χ2v) is 4.65. The summed E-state index contributed by atoms with van der Waals surface area (Å²) < 4.78 is 0. The molecule has 0 unspecified atom stereocenters. The van der Waals surface area contributed by atoms with Gasteiger partial charge < -0.3 is 10.7 Å². The van der Waals surface area contributed by atoms with Gasteiger partial charge in [-0.1, -0.05) is 13.8 Å². The summed E-state index contributed by atoms with van der Waals surface area (Å²) >= 11 is 0. The number of fused-ring (bicyclic) bond motifs is 1. The smallest absolute Gasteiger partial charge is 0.120 e. The van der Waals surface area contributed by atoms with Crippen molar-refractivity contribution in [1.82, 2.24) is 9.97 Å². The molecular formula is C10H17N3. The van der Waals surface area contributed by atoms with Gasteiger partial charge in [0.2, 0.25) is 0 Å². The molecule has 0 radical (unpaired) electrons. The number of hydrogen-bond acceptors (Lipinski definition) is 2. The minimum Gasteiger partial charge on any atom is -0.345 e. The van der Waals surface area contributed by atoms with Crippen molar-refractivity contribution in [3.63, 3.8) is 0 Å². The van der Waals surface area contributed by atoms with Gasteiger partial charge in [0.25, 0.3) is 0 Å². The molecule has 0 aliphatic heterocycles. The summed E-state index contributed by atoms with van der Waals surface area (Å²) in [4.78, 5) is 7.76. The van der Waals surface area contributed by atoms with Crippen LogP contribution in [0.3, 0.4) is 0 Å². The van der Waals surface area contributed by atoms with Crippen molar-refractivity contribution in [3.05, 3.63) is 17.2 Å². The van der Waals surface area contributed by atoms with Gasteiger partial charge in [-0.25, -0.2) is 4.98 Å². The van der Waals surface area contributed by atoms with Crippen molar-refractivity contribution in [3.8, 4) is 0 Å². The Hall–Kier alpha value is -0.830. The summed E-state index contributed by atoms with van der Waals surface area (Å²) in [5.41, 5.74) is 8.50. The molecule has 0 saturated heterocycles. The molecule has 3 N–H and O–H groups in total. The van der Waals surface area contributed by atoms with E-state index in [2.05, 4.69) is 23.8 Å². The molecule has 1 aromatic rings. The van der Waals surface area contributed by atoms with Gasteiger partial charge in [0.1, 0.15) is 5.82 Å². The first-order valence-electron chi connectivity index (χ1n) is 4.87. The summed E-state index contributed by atoms with van der Waals surface area (Å²) in [6, 6.07) is 0. The van der Waals surface area contributed by atoms with Gasteiger partial charge in [-0.15, -0.1) is 0 Å². The van der Waals surface area contributed by atoms with Crippen molar-refractivity contribution in [2.45, 2.75) is 39.7 Å². The molecule has 0 aromatic carbocycles. The number of aromatic amines is 1. The first kappa shape index (κ1) is 8.75. The third-order valence-corrected chi connectivity index (χ3v) is 2.80. The van der Waals surface area contributed by atoms with Crippen LogP contribution in [0.25, 0.3) is 0 Å². The number of nitrogens with zero attached hydrogens (tertiary/aromatic N) is 1. The average Bonchev–Trinajstić information content (AvgIpc) is 2.44. The quantitative estimate of drug-likeness (QED) is 0.684. The zero-order valence-corrected chi connectivity index (χ0v) is 8.35. The molecule has 2 rings (SSSR count). The lowest BCUT2D eigenvalue weighted by Crippen LogP contribution is -2.21. The average molecular weight is 179 g/mol. The zero-order valence-electron chi connectivity index (χ0n) is 8.35. The van der Waals surface area contributed by atoms with Gasteiger partial charge in [0.05, 0.1) is 12.2 Å². The van der Waals surface area contributed by atoms with E-state index < -0.39 is 0 Å². The van der Waals surface area contributed by atoms with E-state index in [0.29, 0.717) is 12.0 Å². The van der Waals surface area contributed by atoms with Crippen LogP contribution in [0.5, 0.6) is 0 Å². The highest BCUT2D eigenvalue weighted by Crippen LogP contribution is 2.33. The Morgan fingerprint density at radius 1 is 1.54 bits per heavy atom. The molecule has 0 bridgehead atoms. The fourth-order valence-corrected chi connectivity index (χ4v) is 1.98. The number of aromatic nitrogens is 2. The number of rotatable bonds is 1. The number of aryl methyl sites for hydroxylation is 1. The Morgan fingerprint density at radius 2 is 2.31 bits per heavy atom. The number of nitrogens with one attached hydrogen (secondary N) is 1. The van der Waals surface area contributed by atoms with Gasteiger partial charge in [-0.2, -0.15) is 0 Å². The highest BCUT2D eigenvalue weighted by atomic mass is 15.0. The van der Waals surface area contributed by atoms with Crippen molar-refractivity contribution in [1.29, 1.82) is 0 Å². The van der Waals surface area contributed by atoms with Gasteiger partial charge in [0.15, 0.2) is 0 Å². The van der Waals surface area contributed by atoms with Gasteiger partial charge in [-0.3, -0.25) is 0 Å². The molecule has 1 heterocycles.